The summed E-state index contributed by atoms with van der Waals surface area (Å²) in [6, 6.07) is 17.8. The van der Waals surface area contributed by atoms with Gasteiger partial charge in [-0.25, -0.2) is 4.98 Å². The van der Waals surface area contributed by atoms with Gasteiger partial charge in [0.2, 0.25) is 0 Å². The van der Waals surface area contributed by atoms with Crippen LogP contribution in [-0.4, -0.2) is 27.8 Å². The Hall–Kier alpha value is -2.66. The molecule has 0 fully saturated rings. The number of carbonyl (C=O) groups excluding carboxylic acids is 1. The second-order valence-electron chi connectivity index (χ2n) is 5.88. The first-order chi connectivity index (χ1) is 11.6. The molecule has 1 atom stereocenters. The third-order valence-corrected chi connectivity index (χ3v) is 5.54. The number of aromatic nitrogens is 2. The molecule has 4 nitrogen and oxygen atoms in total. The highest BCUT2D eigenvalue weighted by Gasteiger charge is 2.23. The lowest BCUT2D eigenvalue weighted by atomic mass is 10.2. The average Bonchev–Trinajstić information content (AvgIpc) is 3.23. The summed E-state index contributed by atoms with van der Waals surface area (Å²) in [5.74, 6) is -0.0297. The van der Waals surface area contributed by atoms with E-state index < -0.39 is 0 Å². The minimum absolute atomic E-state index is 0.0297. The first-order valence-corrected chi connectivity index (χ1v) is 8.65. The third-order valence-electron chi connectivity index (χ3n) is 4.33. The minimum atomic E-state index is -0.0821. The fourth-order valence-electron chi connectivity index (χ4n) is 2.79. The molecule has 5 heteroatoms. The number of H-pyrrole nitrogens is 1. The first kappa shape index (κ1) is 14.9. The highest BCUT2D eigenvalue weighted by Crippen LogP contribution is 2.29. The monoisotopic (exact) mass is 335 g/mol. The van der Waals surface area contributed by atoms with Crippen LogP contribution in [0.1, 0.15) is 28.5 Å². The molecule has 120 valence electrons. The van der Waals surface area contributed by atoms with Gasteiger partial charge in [0.05, 0.1) is 16.3 Å². The highest BCUT2D eigenvalue weighted by molar-refractivity contribution is 7.18. The van der Waals surface area contributed by atoms with E-state index in [9.17, 15) is 4.79 Å². The number of nitrogens with zero attached hydrogens (tertiary/aromatic N) is 2. The van der Waals surface area contributed by atoms with Gasteiger partial charge in [0, 0.05) is 18.0 Å². The fourth-order valence-corrected chi connectivity index (χ4v) is 3.85. The highest BCUT2D eigenvalue weighted by atomic mass is 32.1. The minimum Gasteiger partial charge on any atom is -0.351 e. The second kappa shape index (κ2) is 5.76. The van der Waals surface area contributed by atoms with Crippen molar-refractivity contribution in [1.82, 2.24) is 14.9 Å². The number of benzene rings is 2. The Morgan fingerprint density at radius 2 is 1.92 bits per heavy atom. The van der Waals surface area contributed by atoms with Crippen LogP contribution in [0.4, 0.5) is 0 Å². The van der Waals surface area contributed by atoms with Crippen molar-refractivity contribution in [2.24, 2.45) is 0 Å². The zero-order valence-electron chi connectivity index (χ0n) is 13.5. The number of hydrogen-bond acceptors (Lipinski definition) is 3. The number of carbonyl (C=O) groups is 1. The summed E-state index contributed by atoms with van der Waals surface area (Å²) in [5.41, 5.74) is 2.56. The Labute approximate surface area is 143 Å². The van der Waals surface area contributed by atoms with Crippen molar-refractivity contribution in [3.05, 3.63) is 65.3 Å². The van der Waals surface area contributed by atoms with Crippen LogP contribution in [0.15, 0.2) is 54.6 Å². The molecule has 0 unspecified atom stereocenters. The van der Waals surface area contributed by atoms with Gasteiger partial charge in [-0.2, -0.15) is 0 Å². The van der Waals surface area contributed by atoms with E-state index in [1.54, 1.807) is 16.2 Å². The number of amides is 1. The van der Waals surface area contributed by atoms with E-state index >= 15 is 0 Å². The largest absolute Gasteiger partial charge is 0.351 e. The van der Waals surface area contributed by atoms with Gasteiger partial charge in [0.15, 0.2) is 0 Å². The summed E-state index contributed by atoms with van der Waals surface area (Å²) in [4.78, 5) is 22.4. The SMILES string of the molecule is C[C@H](c1nc2ccccc2s1)N(C)C(=O)c1cc2ccccc2[nH]1. The van der Waals surface area contributed by atoms with Crippen LogP contribution in [0.3, 0.4) is 0 Å². The molecule has 0 aliphatic rings. The Kier molecular flexibility index (Phi) is 3.58. The predicted octanol–water partition coefficient (Wildman–Crippen LogP) is 4.61. The summed E-state index contributed by atoms with van der Waals surface area (Å²) in [6.07, 6.45) is 0. The van der Waals surface area contributed by atoms with Crippen LogP contribution in [0, 0.1) is 0 Å². The molecule has 4 aromatic rings. The molecule has 0 saturated carbocycles. The summed E-state index contributed by atoms with van der Waals surface area (Å²) in [5, 5.41) is 1.99. The quantitative estimate of drug-likeness (QED) is 0.594. The number of thiazole rings is 1. The summed E-state index contributed by atoms with van der Waals surface area (Å²) in [7, 11) is 1.82. The maximum Gasteiger partial charge on any atom is 0.270 e. The molecule has 4 rings (SSSR count). The molecule has 2 aromatic carbocycles. The zero-order chi connectivity index (χ0) is 16.7. The van der Waals surface area contributed by atoms with Crippen molar-refractivity contribution in [3.63, 3.8) is 0 Å². The second-order valence-corrected chi connectivity index (χ2v) is 6.94. The van der Waals surface area contributed by atoms with Crippen molar-refractivity contribution in [3.8, 4) is 0 Å². The van der Waals surface area contributed by atoms with E-state index in [0.29, 0.717) is 5.69 Å². The van der Waals surface area contributed by atoms with Crippen molar-refractivity contribution in [1.29, 1.82) is 0 Å². The molecular formula is C19H17N3OS. The molecule has 1 N–H and O–H groups in total. The topological polar surface area (TPSA) is 49.0 Å². The number of fused-ring (bicyclic) bond motifs is 2. The van der Waals surface area contributed by atoms with Gasteiger partial charge in [0.25, 0.3) is 5.91 Å². The molecule has 0 spiro atoms. The van der Waals surface area contributed by atoms with E-state index in [4.69, 9.17) is 0 Å². The van der Waals surface area contributed by atoms with Crippen molar-refractivity contribution in [2.75, 3.05) is 7.05 Å². The normalized spacial score (nSPS) is 12.6. The van der Waals surface area contributed by atoms with Gasteiger partial charge in [-0.3, -0.25) is 4.79 Å². The Morgan fingerprint density at radius 1 is 1.17 bits per heavy atom. The van der Waals surface area contributed by atoms with Gasteiger partial charge in [-0.05, 0) is 31.2 Å². The molecule has 2 aromatic heterocycles. The third kappa shape index (κ3) is 2.47. The Morgan fingerprint density at radius 3 is 2.71 bits per heavy atom. The predicted molar refractivity (Wildman–Crippen MR) is 98.4 cm³/mol. The van der Waals surface area contributed by atoms with E-state index in [1.807, 2.05) is 62.5 Å². The lowest BCUT2D eigenvalue weighted by Gasteiger charge is -2.22. The maximum absolute atomic E-state index is 12.8. The van der Waals surface area contributed by atoms with Crippen LogP contribution in [-0.2, 0) is 0 Å². The molecule has 24 heavy (non-hydrogen) atoms. The van der Waals surface area contributed by atoms with Crippen LogP contribution in [0.25, 0.3) is 21.1 Å². The number of nitrogens with one attached hydrogen (secondary N) is 1. The molecule has 0 radical (unpaired) electrons. The molecular weight excluding hydrogens is 318 g/mol. The molecule has 0 aliphatic carbocycles. The van der Waals surface area contributed by atoms with Crippen LogP contribution in [0.2, 0.25) is 0 Å². The molecule has 0 saturated heterocycles. The number of aromatic amines is 1. The van der Waals surface area contributed by atoms with Gasteiger partial charge < -0.3 is 9.88 Å². The molecule has 2 heterocycles. The van der Waals surface area contributed by atoms with E-state index in [-0.39, 0.29) is 11.9 Å². The average molecular weight is 335 g/mol. The Bertz CT molecular complexity index is 967. The maximum atomic E-state index is 12.8. The Balaban J connectivity index is 1.63. The van der Waals surface area contributed by atoms with Crippen LogP contribution < -0.4 is 0 Å². The van der Waals surface area contributed by atoms with Crippen LogP contribution in [0.5, 0.6) is 0 Å². The lowest BCUT2D eigenvalue weighted by Crippen LogP contribution is -2.29. The van der Waals surface area contributed by atoms with Crippen LogP contribution >= 0.6 is 11.3 Å². The van der Waals surface area contributed by atoms with Crippen molar-refractivity contribution < 1.29 is 4.79 Å². The van der Waals surface area contributed by atoms with E-state index in [0.717, 1.165) is 26.1 Å². The molecule has 1 amide bonds. The summed E-state index contributed by atoms with van der Waals surface area (Å²) in [6.45, 7) is 2.01. The van der Waals surface area contributed by atoms with E-state index in [2.05, 4.69) is 16.0 Å². The number of para-hydroxylation sites is 2. The lowest BCUT2D eigenvalue weighted by molar-refractivity contribution is 0.0737. The zero-order valence-corrected chi connectivity index (χ0v) is 14.3. The first-order valence-electron chi connectivity index (χ1n) is 7.84. The fraction of sp³-hybridized carbons (Fsp3) is 0.158. The molecule has 0 bridgehead atoms. The molecule has 0 aliphatic heterocycles. The van der Waals surface area contributed by atoms with Crippen molar-refractivity contribution in [2.45, 2.75) is 13.0 Å². The number of rotatable bonds is 3. The summed E-state index contributed by atoms with van der Waals surface area (Å²) < 4.78 is 1.14. The van der Waals surface area contributed by atoms with Crippen molar-refractivity contribution >= 4 is 38.4 Å². The van der Waals surface area contributed by atoms with Gasteiger partial charge in [0.1, 0.15) is 10.7 Å². The van der Waals surface area contributed by atoms with Gasteiger partial charge >= 0.3 is 0 Å². The smallest absolute Gasteiger partial charge is 0.270 e. The van der Waals surface area contributed by atoms with Gasteiger partial charge in [-0.15, -0.1) is 11.3 Å². The van der Waals surface area contributed by atoms with E-state index in [1.165, 1.54) is 0 Å². The standard InChI is InChI=1S/C19H17N3OS/c1-12(18-21-15-9-5-6-10-17(15)24-18)22(2)19(23)16-11-13-7-3-4-8-14(13)20-16/h3-12,20H,1-2H3/t12-/m1/s1. The summed E-state index contributed by atoms with van der Waals surface area (Å²) >= 11 is 1.64. The van der Waals surface area contributed by atoms with Gasteiger partial charge in [-0.1, -0.05) is 30.3 Å². The number of hydrogen-bond donors (Lipinski definition) is 1.